The minimum Gasteiger partial charge on any atom is -0.325 e. The largest absolute Gasteiger partial charge is 0.325 e. The van der Waals surface area contributed by atoms with Crippen molar-refractivity contribution in [2.75, 3.05) is 11.9 Å². The van der Waals surface area contributed by atoms with Crippen LogP contribution in [-0.2, 0) is 4.79 Å². The summed E-state index contributed by atoms with van der Waals surface area (Å²) in [4.78, 5) is 11.7. The summed E-state index contributed by atoms with van der Waals surface area (Å²) >= 11 is 5.75. The number of hydrogen-bond donors (Lipinski definition) is 2. The zero-order valence-corrected chi connectivity index (χ0v) is 9.05. The zero-order chi connectivity index (χ0) is 10.7. The molecule has 4 heteroatoms. The number of nitrogens with one attached hydrogen (secondary N) is 2. The number of anilines is 1. The molecule has 1 fully saturated rings. The molecule has 0 bridgehead atoms. The molecule has 1 atom stereocenters. The lowest BCUT2D eigenvalue weighted by molar-refractivity contribution is -0.117. The van der Waals surface area contributed by atoms with Crippen LogP contribution in [0.25, 0.3) is 0 Å². The zero-order valence-electron chi connectivity index (χ0n) is 8.29. The van der Waals surface area contributed by atoms with Crippen molar-refractivity contribution in [2.24, 2.45) is 0 Å². The molecule has 0 aromatic heterocycles. The monoisotopic (exact) mass is 224 g/mol. The van der Waals surface area contributed by atoms with Gasteiger partial charge in [-0.1, -0.05) is 11.6 Å². The van der Waals surface area contributed by atoms with Gasteiger partial charge < -0.3 is 10.6 Å². The minimum absolute atomic E-state index is 0.0369. The van der Waals surface area contributed by atoms with Gasteiger partial charge in [0.25, 0.3) is 0 Å². The summed E-state index contributed by atoms with van der Waals surface area (Å²) in [6.45, 7) is 0.929. The van der Waals surface area contributed by atoms with E-state index in [1.54, 1.807) is 24.3 Å². The topological polar surface area (TPSA) is 41.1 Å². The molecule has 80 valence electrons. The highest BCUT2D eigenvalue weighted by Crippen LogP contribution is 2.14. The number of halogens is 1. The van der Waals surface area contributed by atoms with Crippen molar-refractivity contribution < 1.29 is 4.79 Å². The molecule has 1 aromatic carbocycles. The van der Waals surface area contributed by atoms with Crippen LogP contribution >= 0.6 is 11.6 Å². The molecule has 2 N–H and O–H groups in total. The van der Waals surface area contributed by atoms with Gasteiger partial charge in [0.1, 0.15) is 0 Å². The van der Waals surface area contributed by atoms with Crippen LogP contribution in [0.15, 0.2) is 24.3 Å². The third kappa shape index (κ3) is 2.70. The first-order valence-corrected chi connectivity index (χ1v) is 5.43. The van der Waals surface area contributed by atoms with Gasteiger partial charge in [-0.15, -0.1) is 0 Å². The summed E-state index contributed by atoms with van der Waals surface area (Å²) in [6, 6.07) is 7.09. The molecule has 0 saturated carbocycles. The minimum atomic E-state index is -0.0410. The van der Waals surface area contributed by atoms with E-state index in [0.29, 0.717) is 5.02 Å². The molecule has 3 nitrogen and oxygen atoms in total. The van der Waals surface area contributed by atoms with Gasteiger partial charge in [0.15, 0.2) is 0 Å². The van der Waals surface area contributed by atoms with Gasteiger partial charge in [0, 0.05) is 10.7 Å². The number of benzene rings is 1. The molecule has 0 aliphatic carbocycles. The Bertz CT molecular complexity index is 344. The van der Waals surface area contributed by atoms with Gasteiger partial charge in [-0.3, -0.25) is 4.79 Å². The summed E-state index contributed by atoms with van der Waals surface area (Å²) < 4.78 is 0. The van der Waals surface area contributed by atoms with Crippen molar-refractivity contribution in [3.63, 3.8) is 0 Å². The van der Waals surface area contributed by atoms with Crippen LogP contribution < -0.4 is 10.6 Å². The lowest BCUT2D eigenvalue weighted by Gasteiger charge is -2.10. The average Bonchev–Trinajstić information content (AvgIpc) is 2.74. The number of carbonyl (C=O) groups is 1. The molecule has 1 amide bonds. The Labute approximate surface area is 93.8 Å². The molecule has 2 rings (SSSR count). The number of rotatable bonds is 2. The Morgan fingerprint density at radius 2 is 2.13 bits per heavy atom. The van der Waals surface area contributed by atoms with E-state index in [9.17, 15) is 4.79 Å². The molecule has 1 saturated heterocycles. The maximum Gasteiger partial charge on any atom is 0.241 e. The van der Waals surface area contributed by atoms with Crippen molar-refractivity contribution in [1.29, 1.82) is 0 Å². The standard InChI is InChI=1S/C11H13ClN2O/c12-8-3-5-9(6-4-8)14-11(15)10-2-1-7-13-10/h3-6,10,13H,1-2,7H2,(H,14,15). The first kappa shape index (κ1) is 10.5. The van der Waals surface area contributed by atoms with Crippen molar-refractivity contribution in [3.05, 3.63) is 29.3 Å². The first-order chi connectivity index (χ1) is 7.25. The Kier molecular flexibility index (Phi) is 3.23. The predicted molar refractivity (Wildman–Crippen MR) is 61.1 cm³/mol. The van der Waals surface area contributed by atoms with E-state index in [4.69, 9.17) is 11.6 Å². The molecule has 1 aromatic rings. The molecule has 0 spiro atoms. The van der Waals surface area contributed by atoms with E-state index in [1.165, 1.54) is 0 Å². The van der Waals surface area contributed by atoms with E-state index in [0.717, 1.165) is 25.1 Å². The predicted octanol–water partition coefficient (Wildman–Crippen LogP) is 2.03. The highest BCUT2D eigenvalue weighted by Gasteiger charge is 2.21. The molecule has 1 heterocycles. The van der Waals surface area contributed by atoms with E-state index in [2.05, 4.69) is 10.6 Å². The van der Waals surface area contributed by atoms with Gasteiger partial charge in [0.2, 0.25) is 5.91 Å². The Hall–Kier alpha value is -1.06. The molecule has 1 unspecified atom stereocenters. The van der Waals surface area contributed by atoms with Crippen molar-refractivity contribution in [3.8, 4) is 0 Å². The molecular weight excluding hydrogens is 212 g/mol. The van der Waals surface area contributed by atoms with Gasteiger partial charge in [0.05, 0.1) is 6.04 Å². The lowest BCUT2D eigenvalue weighted by Crippen LogP contribution is -2.35. The van der Waals surface area contributed by atoms with Crippen LogP contribution in [-0.4, -0.2) is 18.5 Å². The van der Waals surface area contributed by atoms with Gasteiger partial charge in [-0.05, 0) is 43.7 Å². The van der Waals surface area contributed by atoms with Crippen molar-refractivity contribution >= 4 is 23.2 Å². The van der Waals surface area contributed by atoms with Crippen LogP contribution in [0, 0.1) is 0 Å². The normalized spacial score (nSPS) is 20.2. The maximum absolute atomic E-state index is 11.7. The second-order valence-electron chi connectivity index (χ2n) is 3.65. The third-order valence-electron chi connectivity index (χ3n) is 2.49. The third-order valence-corrected chi connectivity index (χ3v) is 2.74. The quantitative estimate of drug-likeness (QED) is 0.807. The van der Waals surface area contributed by atoms with Crippen LogP contribution in [0.5, 0.6) is 0 Å². The van der Waals surface area contributed by atoms with Crippen LogP contribution in [0.2, 0.25) is 5.02 Å². The summed E-state index contributed by atoms with van der Waals surface area (Å²) in [5.41, 5.74) is 0.790. The second kappa shape index (κ2) is 4.64. The molecule has 1 aliphatic rings. The van der Waals surface area contributed by atoms with Gasteiger partial charge >= 0.3 is 0 Å². The first-order valence-electron chi connectivity index (χ1n) is 5.05. The Morgan fingerprint density at radius 1 is 1.40 bits per heavy atom. The summed E-state index contributed by atoms with van der Waals surface area (Å²) in [5.74, 6) is 0.0369. The number of hydrogen-bond acceptors (Lipinski definition) is 2. The fourth-order valence-corrected chi connectivity index (χ4v) is 1.80. The average molecular weight is 225 g/mol. The van der Waals surface area contributed by atoms with Crippen LogP contribution in [0.4, 0.5) is 5.69 Å². The second-order valence-corrected chi connectivity index (χ2v) is 4.08. The fourth-order valence-electron chi connectivity index (χ4n) is 1.67. The highest BCUT2D eigenvalue weighted by atomic mass is 35.5. The SMILES string of the molecule is O=C(Nc1ccc(Cl)cc1)C1CCCN1. The maximum atomic E-state index is 11.7. The van der Waals surface area contributed by atoms with Crippen LogP contribution in [0.3, 0.4) is 0 Å². The van der Waals surface area contributed by atoms with Crippen LogP contribution in [0.1, 0.15) is 12.8 Å². The summed E-state index contributed by atoms with van der Waals surface area (Å²) in [6.07, 6.45) is 1.98. The van der Waals surface area contributed by atoms with Crippen molar-refractivity contribution in [2.45, 2.75) is 18.9 Å². The summed E-state index contributed by atoms with van der Waals surface area (Å²) in [5, 5.41) is 6.67. The number of amides is 1. The van der Waals surface area contributed by atoms with Crippen molar-refractivity contribution in [1.82, 2.24) is 5.32 Å². The molecular formula is C11H13ClN2O. The van der Waals surface area contributed by atoms with Gasteiger partial charge in [-0.25, -0.2) is 0 Å². The number of carbonyl (C=O) groups excluding carboxylic acids is 1. The van der Waals surface area contributed by atoms with E-state index < -0.39 is 0 Å². The molecule has 0 radical (unpaired) electrons. The van der Waals surface area contributed by atoms with E-state index >= 15 is 0 Å². The van der Waals surface area contributed by atoms with Gasteiger partial charge in [-0.2, -0.15) is 0 Å². The Morgan fingerprint density at radius 3 is 2.73 bits per heavy atom. The Balaban J connectivity index is 1.96. The fraction of sp³-hybridized carbons (Fsp3) is 0.364. The smallest absolute Gasteiger partial charge is 0.241 e. The van der Waals surface area contributed by atoms with E-state index in [-0.39, 0.29) is 11.9 Å². The van der Waals surface area contributed by atoms with E-state index in [1.807, 2.05) is 0 Å². The molecule has 1 aliphatic heterocycles. The highest BCUT2D eigenvalue weighted by molar-refractivity contribution is 6.30. The molecule has 15 heavy (non-hydrogen) atoms. The summed E-state index contributed by atoms with van der Waals surface area (Å²) in [7, 11) is 0. The lowest BCUT2D eigenvalue weighted by atomic mass is 10.2.